The molecule has 0 fully saturated rings. The van der Waals surface area contributed by atoms with Crippen LogP contribution in [0.2, 0.25) is 0 Å². The molecule has 0 radical (unpaired) electrons. The maximum absolute atomic E-state index is 13.5. The van der Waals surface area contributed by atoms with Crippen molar-refractivity contribution in [2.24, 2.45) is 0 Å². The van der Waals surface area contributed by atoms with Gasteiger partial charge in [-0.1, -0.05) is 76.8 Å². The van der Waals surface area contributed by atoms with Crippen molar-refractivity contribution >= 4 is 25.4 Å². The number of nitrogens with two attached hydrogens (primary N) is 1. The van der Waals surface area contributed by atoms with Crippen LogP contribution in [-0.2, 0) is 43.4 Å². The van der Waals surface area contributed by atoms with Crippen LogP contribution in [0, 0.1) is 0 Å². The summed E-state index contributed by atoms with van der Waals surface area (Å²) in [6.07, 6.45) is 10.5. The zero-order chi connectivity index (χ0) is 27.9. The van der Waals surface area contributed by atoms with Gasteiger partial charge in [-0.05, 0) is 48.4 Å². The van der Waals surface area contributed by atoms with E-state index in [-0.39, 0.29) is 16.1 Å². The van der Waals surface area contributed by atoms with Gasteiger partial charge in [0.2, 0.25) is 14.9 Å². The van der Waals surface area contributed by atoms with E-state index in [2.05, 4.69) is 6.92 Å². The van der Waals surface area contributed by atoms with Gasteiger partial charge >= 0.3 is 23.7 Å². The van der Waals surface area contributed by atoms with E-state index >= 15 is 0 Å². The monoisotopic (exact) mass is 587 g/mol. The molecule has 0 aliphatic carbocycles. The fourth-order valence-electron chi connectivity index (χ4n) is 4.01. The number of nitrogen functional groups attached to an aromatic ring is 1. The van der Waals surface area contributed by atoms with Crippen LogP contribution >= 0.6 is 0 Å². The van der Waals surface area contributed by atoms with Gasteiger partial charge in [0.25, 0.3) is 0 Å². The quantitative estimate of drug-likeness (QED) is 0.0954. The van der Waals surface area contributed by atoms with Crippen molar-refractivity contribution in [3.63, 3.8) is 0 Å². The average molecular weight is 588 g/mol. The van der Waals surface area contributed by atoms with Crippen LogP contribution in [0.1, 0.15) is 81.9 Å². The van der Waals surface area contributed by atoms with Crippen LogP contribution in [-0.4, -0.2) is 27.0 Å². The number of benzene rings is 2. The van der Waals surface area contributed by atoms with Crippen LogP contribution in [0.4, 0.5) is 5.69 Å². The fourth-order valence-corrected chi connectivity index (χ4v) is 6.73. The Balaban J connectivity index is 0.00000334. The molecule has 0 aliphatic rings. The van der Waals surface area contributed by atoms with Gasteiger partial charge in [0, 0.05) is 5.69 Å². The van der Waals surface area contributed by atoms with Crippen molar-refractivity contribution in [3.05, 3.63) is 65.4 Å². The van der Waals surface area contributed by atoms with Crippen molar-refractivity contribution < 1.29 is 50.8 Å². The van der Waals surface area contributed by atoms with Gasteiger partial charge in [0.05, 0.1) is 15.0 Å². The molecule has 204 valence electrons. The van der Waals surface area contributed by atoms with Gasteiger partial charge in [0.15, 0.2) is 9.84 Å². The first-order valence-corrected chi connectivity index (χ1v) is 16.0. The molecule has 2 aromatic rings. The second-order valence-electron chi connectivity index (χ2n) is 8.76. The molecule has 37 heavy (non-hydrogen) atoms. The zero-order valence-corrected chi connectivity index (χ0v) is 24.4. The van der Waals surface area contributed by atoms with E-state index in [0.717, 1.165) is 46.1 Å². The molecule has 0 saturated heterocycles. The third-order valence-corrected chi connectivity index (χ3v) is 9.84. The number of aliphatic hydroxyl groups is 2. The topological polar surface area (TPSA) is 152 Å². The van der Waals surface area contributed by atoms with E-state index in [0.29, 0.717) is 17.7 Å². The maximum atomic E-state index is 13.5. The molecular formula is C26H37NO7S2Ti. The molecular weight excluding hydrogens is 550 g/mol. The molecule has 4 N–H and O–H groups in total. The summed E-state index contributed by atoms with van der Waals surface area (Å²) in [5.74, 6) is 0. The molecule has 0 spiro atoms. The third-order valence-electron chi connectivity index (χ3n) is 6.10. The van der Waals surface area contributed by atoms with Crippen molar-refractivity contribution in [1.29, 1.82) is 0 Å². The van der Waals surface area contributed by atoms with E-state index in [9.17, 15) is 21.9 Å². The Morgan fingerprint density at radius 2 is 1.27 bits per heavy atom. The second-order valence-corrected chi connectivity index (χ2v) is 12.8. The van der Waals surface area contributed by atoms with Crippen LogP contribution in [0.3, 0.4) is 0 Å². The predicted molar refractivity (Wildman–Crippen MR) is 140 cm³/mol. The van der Waals surface area contributed by atoms with Crippen LogP contribution in [0.25, 0.3) is 0 Å². The molecule has 0 amide bonds. The van der Waals surface area contributed by atoms with Gasteiger partial charge < -0.3 is 15.9 Å². The van der Waals surface area contributed by atoms with Gasteiger partial charge in [-0.25, -0.2) is 16.8 Å². The van der Waals surface area contributed by atoms with E-state index < -0.39 is 30.0 Å². The number of hydrogen-bond acceptors (Lipinski definition) is 8. The molecule has 2 aromatic carbocycles. The first-order chi connectivity index (χ1) is 17.6. The molecule has 0 heterocycles. The van der Waals surface area contributed by atoms with E-state index in [4.69, 9.17) is 14.2 Å². The van der Waals surface area contributed by atoms with Crippen molar-refractivity contribution in [2.75, 3.05) is 5.73 Å². The standard InChI is InChI=1S/C26H37NO6S2.O.Ti/c1-2-3-4-5-6-7-8-9-10-11-25(34(30,31)23-18-14-22(27)15-19-23)21-12-16-24(17-13-21)35(32,33)26(29)20-28;;/h12-20,25,28-29H,2-11,27H2,1H3;;/b26-20+;;. The summed E-state index contributed by atoms with van der Waals surface area (Å²) in [5.41, 5.74) is 6.65. The summed E-state index contributed by atoms with van der Waals surface area (Å²) in [6.45, 7) is 2.19. The van der Waals surface area contributed by atoms with Gasteiger partial charge in [-0.2, -0.15) is 0 Å². The molecule has 0 bridgehead atoms. The molecule has 0 aliphatic heterocycles. The molecule has 8 nitrogen and oxygen atoms in total. The second kappa shape index (κ2) is 16.8. The molecule has 1 atom stereocenters. The SMILES string of the molecule is CCCCCCCCCCCC(c1ccc(S(=O)(=O)/C(O)=C/O)cc1)S(=O)(=O)c1ccc(N)cc1.[O]=[Ti]. The van der Waals surface area contributed by atoms with E-state index in [1.807, 2.05) is 0 Å². The summed E-state index contributed by atoms with van der Waals surface area (Å²) in [7, 11) is -8.01. The van der Waals surface area contributed by atoms with Crippen LogP contribution in [0.5, 0.6) is 0 Å². The van der Waals surface area contributed by atoms with E-state index in [1.54, 1.807) is 12.1 Å². The zero-order valence-electron chi connectivity index (χ0n) is 21.2. The third kappa shape index (κ3) is 10.00. The number of unbranched alkanes of at least 4 members (excludes halogenated alkanes) is 8. The van der Waals surface area contributed by atoms with E-state index in [1.165, 1.54) is 68.5 Å². The Bertz CT molecular complexity index is 1180. The van der Waals surface area contributed by atoms with Crippen molar-refractivity contribution in [1.82, 2.24) is 0 Å². The predicted octanol–water partition coefficient (Wildman–Crippen LogP) is 6.27. The molecule has 1 unspecified atom stereocenters. The Morgan fingerprint density at radius 3 is 1.76 bits per heavy atom. The van der Waals surface area contributed by atoms with Gasteiger partial charge in [-0.15, -0.1) is 0 Å². The number of aliphatic hydroxyl groups excluding tert-OH is 2. The molecule has 0 saturated carbocycles. The van der Waals surface area contributed by atoms with Gasteiger partial charge in [-0.3, -0.25) is 0 Å². The summed E-state index contributed by atoms with van der Waals surface area (Å²) >= 11 is 0.750. The Labute approximate surface area is 232 Å². The first-order valence-electron chi connectivity index (χ1n) is 12.3. The molecule has 0 aromatic heterocycles. The van der Waals surface area contributed by atoms with Gasteiger partial charge in [0.1, 0.15) is 6.26 Å². The van der Waals surface area contributed by atoms with Crippen molar-refractivity contribution in [3.8, 4) is 0 Å². The Hall–Kier alpha value is -2.01. The molecule has 11 heteroatoms. The fraction of sp³-hybridized carbons (Fsp3) is 0.462. The first kappa shape index (κ1) is 33.0. The van der Waals surface area contributed by atoms with Crippen molar-refractivity contribution in [2.45, 2.75) is 86.2 Å². The summed E-state index contributed by atoms with van der Waals surface area (Å²) in [4.78, 5) is -0.0825. The minimum atomic E-state index is -4.26. The molecule has 2 rings (SSSR count). The van der Waals surface area contributed by atoms with Crippen LogP contribution in [0.15, 0.2) is 69.7 Å². The Kier molecular flexibility index (Phi) is 15.0. The average Bonchev–Trinajstić information content (AvgIpc) is 2.90. The number of sulfone groups is 2. The summed E-state index contributed by atoms with van der Waals surface area (Å²) in [6, 6.07) is 11.4. The Morgan fingerprint density at radius 1 is 0.811 bits per heavy atom. The normalized spacial score (nSPS) is 12.9. The summed E-state index contributed by atoms with van der Waals surface area (Å²) < 4.78 is 59.7. The minimum absolute atomic E-state index is 0.113. The van der Waals surface area contributed by atoms with Crippen LogP contribution < -0.4 is 5.73 Å². The number of hydrogen-bond donors (Lipinski definition) is 3. The number of anilines is 1. The number of rotatable bonds is 15. The summed E-state index contributed by atoms with van der Waals surface area (Å²) in [5, 5.41) is 16.3.